The van der Waals surface area contributed by atoms with E-state index in [1.807, 2.05) is 19.1 Å². The number of nitrogens with one attached hydrogen (secondary N) is 1. The summed E-state index contributed by atoms with van der Waals surface area (Å²) in [4.78, 5) is 15.8. The normalized spacial score (nSPS) is 14.5. The quantitative estimate of drug-likeness (QED) is 0.304. The summed E-state index contributed by atoms with van der Waals surface area (Å²) in [5, 5.41) is 2.96. The fourth-order valence-electron chi connectivity index (χ4n) is 5.14. The molecule has 0 radical (unpaired) electrons. The highest BCUT2D eigenvalue weighted by Gasteiger charge is 2.31. The van der Waals surface area contributed by atoms with Crippen LogP contribution >= 0.6 is 0 Å². The molecule has 0 aliphatic carbocycles. The molecule has 0 aromatic heterocycles. The van der Waals surface area contributed by atoms with E-state index < -0.39 is 22.5 Å². The number of piperidine rings is 1. The molecule has 1 aliphatic rings. The summed E-state index contributed by atoms with van der Waals surface area (Å²) >= 11 is 0. The zero-order valence-corrected chi connectivity index (χ0v) is 26.4. The van der Waals surface area contributed by atoms with Crippen LogP contribution in [0.2, 0.25) is 0 Å². The zero-order valence-electron chi connectivity index (χ0n) is 25.6. The van der Waals surface area contributed by atoms with Gasteiger partial charge in [0, 0.05) is 30.9 Å². The molecule has 1 N–H and O–H groups in total. The van der Waals surface area contributed by atoms with Crippen LogP contribution in [0.4, 0.5) is 11.4 Å². The fourth-order valence-corrected chi connectivity index (χ4v) is 6.58. The molecule has 1 saturated heterocycles. The Morgan fingerprint density at radius 3 is 2.12 bits per heavy atom. The van der Waals surface area contributed by atoms with Gasteiger partial charge in [0.25, 0.3) is 10.0 Å². The van der Waals surface area contributed by atoms with E-state index in [-0.39, 0.29) is 28.1 Å². The number of methoxy groups -OCH3 is 4. The molecule has 1 unspecified atom stereocenters. The van der Waals surface area contributed by atoms with Gasteiger partial charge in [0.15, 0.2) is 11.5 Å². The highest BCUT2D eigenvalue weighted by molar-refractivity contribution is 7.92. The average Bonchev–Trinajstić information content (AvgIpc) is 3.03. The van der Waals surface area contributed by atoms with Gasteiger partial charge in [-0.1, -0.05) is 19.1 Å². The Balaban J connectivity index is 1.61. The third-order valence-corrected chi connectivity index (χ3v) is 9.56. The molecule has 1 heterocycles. The van der Waals surface area contributed by atoms with Gasteiger partial charge in [0.1, 0.15) is 18.0 Å². The monoisotopic (exact) mass is 611 g/mol. The van der Waals surface area contributed by atoms with Crippen molar-refractivity contribution in [2.24, 2.45) is 5.92 Å². The molecule has 43 heavy (non-hydrogen) atoms. The lowest BCUT2D eigenvalue weighted by atomic mass is 9.98. The maximum Gasteiger partial charge on any atom is 0.265 e. The van der Waals surface area contributed by atoms with Crippen LogP contribution in [0.25, 0.3) is 0 Å². The number of anilines is 2. The lowest BCUT2D eigenvalue weighted by Gasteiger charge is -2.32. The van der Waals surface area contributed by atoms with E-state index in [9.17, 15) is 13.2 Å². The molecule has 0 saturated carbocycles. The van der Waals surface area contributed by atoms with Crippen molar-refractivity contribution in [1.29, 1.82) is 0 Å². The predicted molar refractivity (Wildman–Crippen MR) is 167 cm³/mol. The molecule has 10 nitrogen and oxygen atoms in total. The van der Waals surface area contributed by atoms with Crippen LogP contribution in [0.1, 0.15) is 38.3 Å². The Morgan fingerprint density at radius 1 is 0.884 bits per heavy atom. The number of nitrogens with zero attached hydrogens (tertiary/aromatic N) is 2. The summed E-state index contributed by atoms with van der Waals surface area (Å²) in [6.07, 6.45) is 2.35. The standard InChI is InChI=1S/C32H41N3O7S/c1-22-15-17-34(18-16-22)25-9-7-24(8-10-25)23(2)33-32(36)21-35(28-19-26(39-3)11-13-29(28)40-4)43(37,38)27-12-14-30(41-5)31(20-27)42-6/h7-14,19-20,22-23H,15-18,21H2,1-6H3,(H,33,36). The fraction of sp³-hybridized carbons (Fsp3) is 0.406. The van der Waals surface area contributed by atoms with E-state index in [2.05, 4.69) is 29.3 Å². The summed E-state index contributed by atoms with van der Waals surface area (Å²) in [6.45, 7) is 5.72. The Kier molecular flexibility index (Phi) is 10.3. The summed E-state index contributed by atoms with van der Waals surface area (Å²) in [5.41, 5.74) is 2.22. The molecule has 1 fully saturated rings. The number of amides is 1. The van der Waals surface area contributed by atoms with Gasteiger partial charge in [-0.05, 0) is 67.6 Å². The van der Waals surface area contributed by atoms with Crippen LogP contribution in [0.3, 0.4) is 0 Å². The van der Waals surface area contributed by atoms with E-state index in [1.165, 1.54) is 65.5 Å². The number of carbonyl (C=O) groups excluding carboxylic acids is 1. The third-order valence-electron chi connectivity index (χ3n) is 7.80. The first-order valence-electron chi connectivity index (χ1n) is 14.2. The van der Waals surface area contributed by atoms with Crippen molar-refractivity contribution in [3.8, 4) is 23.0 Å². The lowest BCUT2D eigenvalue weighted by molar-refractivity contribution is -0.120. The number of hydrogen-bond acceptors (Lipinski definition) is 8. The van der Waals surface area contributed by atoms with Gasteiger partial charge in [-0.25, -0.2) is 8.42 Å². The van der Waals surface area contributed by atoms with E-state index in [0.717, 1.165) is 34.6 Å². The summed E-state index contributed by atoms with van der Waals surface area (Å²) in [7, 11) is 1.51. The van der Waals surface area contributed by atoms with Crippen molar-refractivity contribution in [2.75, 3.05) is 57.3 Å². The van der Waals surface area contributed by atoms with Crippen molar-refractivity contribution in [3.05, 3.63) is 66.2 Å². The lowest BCUT2D eigenvalue weighted by Crippen LogP contribution is -2.41. The molecule has 3 aromatic carbocycles. The molecule has 232 valence electrons. The summed E-state index contributed by atoms with van der Waals surface area (Å²) < 4.78 is 50.7. The Hall–Kier alpha value is -4.12. The molecule has 0 bridgehead atoms. The maximum atomic E-state index is 14.1. The predicted octanol–water partition coefficient (Wildman–Crippen LogP) is 5.03. The minimum Gasteiger partial charge on any atom is -0.497 e. The van der Waals surface area contributed by atoms with Gasteiger partial charge < -0.3 is 29.2 Å². The first-order valence-corrected chi connectivity index (χ1v) is 15.7. The maximum absolute atomic E-state index is 14.1. The number of hydrogen-bond donors (Lipinski definition) is 1. The highest BCUT2D eigenvalue weighted by Crippen LogP contribution is 2.37. The number of carbonyl (C=O) groups is 1. The zero-order chi connectivity index (χ0) is 31.1. The van der Waals surface area contributed by atoms with Gasteiger partial charge in [-0.15, -0.1) is 0 Å². The van der Waals surface area contributed by atoms with Crippen molar-refractivity contribution in [1.82, 2.24) is 5.32 Å². The largest absolute Gasteiger partial charge is 0.497 e. The van der Waals surface area contributed by atoms with Crippen LogP contribution in [0, 0.1) is 5.92 Å². The van der Waals surface area contributed by atoms with Crippen molar-refractivity contribution in [3.63, 3.8) is 0 Å². The molecule has 11 heteroatoms. The molecule has 1 atom stereocenters. The number of sulfonamides is 1. The summed E-state index contributed by atoms with van der Waals surface area (Å²) in [6, 6.07) is 16.8. The topological polar surface area (TPSA) is 107 Å². The van der Waals surface area contributed by atoms with Crippen LogP contribution in [-0.4, -0.2) is 62.4 Å². The van der Waals surface area contributed by atoms with E-state index >= 15 is 0 Å². The first kappa shape index (κ1) is 31.8. The molecular formula is C32H41N3O7S. The van der Waals surface area contributed by atoms with E-state index in [4.69, 9.17) is 18.9 Å². The van der Waals surface area contributed by atoms with Crippen molar-refractivity contribution in [2.45, 2.75) is 37.6 Å². The van der Waals surface area contributed by atoms with Gasteiger partial charge in [-0.3, -0.25) is 9.10 Å². The van der Waals surface area contributed by atoms with Gasteiger partial charge >= 0.3 is 0 Å². The van der Waals surface area contributed by atoms with Crippen LogP contribution in [0.15, 0.2) is 65.6 Å². The molecule has 1 aliphatic heterocycles. The minimum atomic E-state index is -4.29. The Bertz CT molecular complexity index is 1500. The van der Waals surface area contributed by atoms with Crippen LogP contribution in [0.5, 0.6) is 23.0 Å². The first-order chi connectivity index (χ1) is 20.6. The number of benzene rings is 3. The van der Waals surface area contributed by atoms with Gasteiger partial charge in [-0.2, -0.15) is 0 Å². The molecule has 0 spiro atoms. The smallest absolute Gasteiger partial charge is 0.265 e. The van der Waals surface area contributed by atoms with Crippen LogP contribution in [-0.2, 0) is 14.8 Å². The number of ether oxygens (including phenoxy) is 4. The second-order valence-electron chi connectivity index (χ2n) is 10.6. The van der Waals surface area contributed by atoms with Crippen molar-refractivity contribution >= 4 is 27.3 Å². The Labute approximate surface area is 254 Å². The second-order valence-corrected chi connectivity index (χ2v) is 12.5. The third kappa shape index (κ3) is 7.27. The molecule has 4 rings (SSSR count). The van der Waals surface area contributed by atoms with E-state index in [0.29, 0.717) is 11.5 Å². The SMILES string of the molecule is COc1ccc(OC)c(N(CC(=O)NC(C)c2ccc(N3CCC(C)CC3)cc2)S(=O)(=O)c2ccc(OC)c(OC)c2)c1. The van der Waals surface area contributed by atoms with Gasteiger partial charge in [0.2, 0.25) is 5.91 Å². The Morgan fingerprint density at radius 2 is 1.51 bits per heavy atom. The van der Waals surface area contributed by atoms with Crippen LogP contribution < -0.4 is 33.5 Å². The summed E-state index contributed by atoms with van der Waals surface area (Å²) in [5.74, 6) is 1.53. The molecular weight excluding hydrogens is 570 g/mol. The van der Waals surface area contributed by atoms with Gasteiger partial charge in [0.05, 0.1) is 45.1 Å². The molecule has 1 amide bonds. The minimum absolute atomic E-state index is 0.0847. The molecule has 3 aromatic rings. The van der Waals surface area contributed by atoms with Crippen molar-refractivity contribution < 1.29 is 32.2 Å². The highest BCUT2D eigenvalue weighted by atomic mass is 32.2. The van der Waals surface area contributed by atoms with E-state index in [1.54, 1.807) is 12.1 Å². The average molecular weight is 612 g/mol. The number of rotatable bonds is 12. The second kappa shape index (κ2) is 13.9.